The van der Waals surface area contributed by atoms with E-state index in [2.05, 4.69) is 29.0 Å². The lowest BCUT2D eigenvalue weighted by atomic mass is 9.47. The van der Waals surface area contributed by atoms with Gasteiger partial charge in [-0.3, -0.25) is 9.89 Å². The van der Waals surface area contributed by atoms with E-state index in [1.807, 2.05) is 6.08 Å². The second-order valence-electron chi connectivity index (χ2n) is 9.50. The van der Waals surface area contributed by atoms with Gasteiger partial charge in [-0.2, -0.15) is 5.10 Å². The minimum atomic E-state index is 0.279. The van der Waals surface area contributed by atoms with Gasteiger partial charge < -0.3 is 0 Å². The Morgan fingerprint density at radius 3 is 2.76 bits per heavy atom. The maximum absolute atomic E-state index is 11.9. The molecule has 134 valence electrons. The fourth-order valence-electron chi connectivity index (χ4n) is 7.37. The largest absolute Gasteiger partial charge is 0.295 e. The first kappa shape index (κ1) is 15.8. The third-order valence-corrected chi connectivity index (χ3v) is 8.71. The Morgan fingerprint density at radius 1 is 1.08 bits per heavy atom. The number of hydrogen-bond acceptors (Lipinski definition) is 3. The van der Waals surface area contributed by atoms with E-state index in [-0.39, 0.29) is 5.41 Å². The Labute approximate surface area is 149 Å². The summed E-state index contributed by atoms with van der Waals surface area (Å²) in [5.41, 5.74) is 2.10. The molecular formula is C21H29N3O. The van der Waals surface area contributed by atoms with Crippen molar-refractivity contribution < 1.29 is 4.79 Å². The highest BCUT2D eigenvalue weighted by Gasteiger charge is 2.59. The van der Waals surface area contributed by atoms with Gasteiger partial charge in [0, 0.05) is 12.3 Å². The average molecular weight is 339 g/mol. The fourth-order valence-corrected chi connectivity index (χ4v) is 7.37. The molecule has 1 aromatic rings. The lowest BCUT2D eigenvalue weighted by Gasteiger charge is -2.58. The summed E-state index contributed by atoms with van der Waals surface area (Å²) in [6.45, 7) is 4.98. The third-order valence-electron chi connectivity index (χ3n) is 8.71. The molecule has 3 fully saturated rings. The van der Waals surface area contributed by atoms with E-state index in [9.17, 15) is 4.79 Å². The van der Waals surface area contributed by atoms with Gasteiger partial charge in [0.2, 0.25) is 0 Å². The van der Waals surface area contributed by atoms with Crippen molar-refractivity contribution in [1.82, 2.24) is 15.2 Å². The number of hydrogen-bond donors (Lipinski definition) is 1. The molecule has 0 bridgehead atoms. The van der Waals surface area contributed by atoms with Gasteiger partial charge in [-0.15, -0.1) is 0 Å². The number of allylic oxidation sites excluding steroid dienone is 1. The van der Waals surface area contributed by atoms with Crippen LogP contribution in [0.2, 0.25) is 0 Å². The molecular weight excluding hydrogens is 310 g/mol. The van der Waals surface area contributed by atoms with Crippen LogP contribution in [0.15, 0.2) is 18.0 Å². The molecule has 0 saturated heterocycles. The Kier molecular flexibility index (Phi) is 3.33. The molecule has 5 rings (SSSR count). The number of nitrogens with one attached hydrogen (secondary N) is 1. The Balaban J connectivity index is 1.48. The lowest BCUT2D eigenvalue weighted by Crippen LogP contribution is -2.50. The van der Waals surface area contributed by atoms with Crippen LogP contribution < -0.4 is 0 Å². The predicted octanol–water partition coefficient (Wildman–Crippen LogP) is 4.42. The first-order valence-electron chi connectivity index (χ1n) is 10.1. The van der Waals surface area contributed by atoms with Crippen molar-refractivity contribution in [2.24, 2.45) is 28.6 Å². The fraction of sp³-hybridized carbons (Fsp3) is 0.762. The van der Waals surface area contributed by atoms with Crippen LogP contribution in [0.4, 0.5) is 0 Å². The zero-order chi connectivity index (χ0) is 17.2. The van der Waals surface area contributed by atoms with Gasteiger partial charge in [-0.1, -0.05) is 19.4 Å². The average Bonchev–Trinajstić information content (AvgIpc) is 3.22. The van der Waals surface area contributed by atoms with Gasteiger partial charge >= 0.3 is 0 Å². The highest BCUT2D eigenvalue weighted by Crippen LogP contribution is 2.67. The topological polar surface area (TPSA) is 58.6 Å². The standard InChI is InChI=1S/C21H29N3O/c1-20-9-7-14(25)11-13(20)3-4-15-16-5-6-18(19-22-12-23-24-19)21(16,2)10-8-17(15)20/h11-12,15-18H,3-10H2,1-2H3,(H,22,23,24)/t15-,16-,17-,18+,20-,21-/m0/s1. The molecule has 0 radical (unpaired) electrons. The Bertz CT molecular complexity index is 724. The van der Waals surface area contributed by atoms with Gasteiger partial charge in [0.25, 0.3) is 0 Å². The highest BCUT2D eigenvalue weighted by molar-refractivity contribution is 5.91. The van der Waals surface area contributed by atoms with Crippen LogP contribution in [0.25, 0.3) is 0 Å². The van der Waals surface area contributed by atoms with Crippen LogP contribution in [0.5, 0.6) is 0 Å². The minimum absolute atomic E-state index is 0.279. The molecule has 25 heavy (non-hydrogen) atoms. The number of fused-ring (bicyclic) bond motifs is 5. The molecule has 1 aromatic heterocycles. The van der Waals surface area contributed by atoms with Crippen molar-refractivity contribution in [3.63, 3.8) is 0 Å². The zero-order valence-corrected chi connectivity index (χ0v) is 15.4. The summed E-state index contributed by atoms with van der Waals surface area (Å²) >= 11 is 0. The number of aromatic nitrogens is 3. The maximum atomic E-state index is 11.9. The smallest absolute Gasteiger partial charge is 0.155 e. The number of aromatic amines is 1. The van der Waals surface area contributed by atoms with E-state index in [0.29, 0.717) is 17.1 Å². The van der Waals surface area contributed by atoms with Crippen molar-refractivity contribution in [3.8, 4) is 0 Å². The number of ketones is 1. The van der Waals surface area contributed by atoms with Crippen LogP contribution in [0.1, 0.15) is 77.0 Å². The molecule has 4 nitrogen and oxygen atoms in total. The molecule has 4 aliphatic carbocycles. The van der Waals surface area contributed by atoms with E-state index in [1.165, 1.54) is 37.7 Å². The van der Waals surface area contributed by atoms with Gasteiger partial charge in [-0.05, 0) is 79.6 Å². The second kappa shape index (κ2) is 5.28. The van der Waals surface area contributed by atoms with Gasteiger partial charge in [0.15, 0.2) is 11.6 Å². The molecule has 6 atom stereocenters. The first-order valence-corrected chi connectivity index (χ1v) is 10.1. The summed E-state index contributed by atoms with van der Waals surface area (Å²) in [6.07, 6.45) is 13.1. The summed E-state index contributed by atoms with van der Waals surface area (Å²) in [6, 6.07) is 0. The number of rotatable bonds is 1. The molecule has 0 unspecified atom stereocenters. The van der Waals surface area contributed by atoms with E-state index < -0.39 is 0 Å². The van der Waals surface area contributed by atoms with Crippen molar-refractivity contribution in [3.05, 3.63) is 23.8 Å². The Morgan fingerprint density at radius 2 is 1.96 bits per heavy atom. The zero-order valence-electron chi connectivity index (χ0n) is 15.4. The summed E-state index contributed by atoms with van der Waals surface area (Å²) in [4.78, 5) is 16.4. The molecule has 0 aliphatic heterocycles. The van der Waals surface area contributed by atoms with Crippen LogP contribution in [0, 0.1) is 28.6 Å². The molecule has 0 amide bonds. The molecule has 0 spiro atoms. The van der Waals surface area contributed by atoms with Gasteiger partial charge in [0.1, 0.15) is 6.33 Å². The number of carbonyl (C=O) groups excluding carboxylic acids is 1. The van der Waals surface area contributed by atoms with Crippen molar-refractivity contribution >= 4 is 5.78 Å². The van der Waals surface area contributed by atoms with Crippen molar-refractivity contribution in [1.29, 1.82) is 0 Å². The maximum Gasteiger partial charge on any atom is 0.155 e. The SMILES string of the molecule is C[C@]12CC[C@H]3[C@@H](CCC4=CC(=O)CC[C@@]43C)[C@@H]1CC[C@@H]2c1nc[nH]n1. The van der Waals surface area contributed by atoms with E-state index in [4.69, 9.17) is 0 Å². The molecule has 3 saturated carbocycles. The van der Waals surface area contributed by atoms with E-state index in [1.54, 1.807) is 6.33 Å². The molecule has 4 aliphatic rings. The number of nitrogens with zero attached hydrogens (tertiary/aromatic N) is 2. The van der Waals surface area contributed by atoms with Crippen LogP contribution in [0.3, 0.4) is 0 Å². The lowest BCUT2D eigenvalue weighted by molar-refractivity contribution is -0.117. The summed E-state index contributed by atoms with van der Waals surface area (Å²) in [5, 5.41) is 7.37. The Hall–Kier alpha value is -1.45. The normalized spacial score (nSPS) is 46.2. The predicted molar refractivity (Wildman–Crippen MR) is 95.8 cm³/mol. The molecule has 4 heteroatoms. The first-order chi connectivity index (χ1) is 12.0. The monoisotopic (exact) mass is 339 g/mol. The second-order valence-corrected chi connectivity index (χ2v) is 9.50. The van der Waals surface area contributed by atoms with Crippen LogP contribution >= 0.6 is 0 Å². The van der Waals surface area contributed by atoms with Gasteiger partial charge in [0.05, 0.1) is 0 Å². The van der Waals surface area contributed by atoms with Crippen molar-refractivity contribution in [2.75, 3.05) is 0 Å². The number of H-pyrrole nitrogens is 1. The summed E-state index contributed by atoms with van der Waals surface area (Å²) < 4.78 is 0. The highest BCUT2D eigenvalue weighted by atomic mass is 16.1. The quantitative estimate of drug-likeness (QED) is 0.824. The van der Waals surface area contributed by atoms with Gasteiger partial charge in [-0.25, -0.2) is 4.98 Å². The minimum Gasteiger partial charge on any atom is -0.295 e. The molecule has 1 N–H and O–H groups in total. The number of carbonyl (C=O) groups is 1. The molecule has 1 heterocycles. The summed E-state index contributed by atoms with van der Waals surface area (Å²) in [5.74, 6) is 4.29. The summed E-state index contributed by atoms with van der Waals surface area (Å²) in [7, 11) is 0. The van der Waals surface area contributed by atoms with Crippen LogP contribution in [-0.2, 0) is 4.79 Å². The third kappa shape index (κ3) is 2.09. The van der Waals surface area contributed by atoms with Crippen LogP contribution in [-0.4, -0.2) is 21.0 Å². The van der Waals surface area contributed by atoms with E-state index >= 15 is 0 Å². The molecule has 0 aromatic carbocycles. The van der Waals surface area contributed by atoms with E-state index in [0.717, 1.165) is 42.8 Å². The van der Waals surface area contributed by atoms with Crippen molar-refractivity contribution in [2.45, 2.75) is 71.1 Å².